The molecule has 4 heterocycles. The Hall–Kier alpha value is -3.09. The Bertz CT molecular complexity index is 1690. The lowest BCUT2D eigenvalue weighted by Crippen LogP contribution is -2.81. The van der Waals surface area contributed by atoms with Gasteiger partial charge in [-0.05, 0) is 47.3 Å². The zero-order valence-corrected chi connectivity index (χ0v) is 23.1. The summed E-state index contributed by atoms with van der Waals surface area (Å²) in [5.74, 6) is 0.500. The fraction of sp³-hybridized carbons (Fsp3) is 0.280. The Morgan fingerprint density at radius 1 is 0.762 bits per heavy atom. The molecule has 42 heavy (non-hydrogen) atoms. The van der Waals surface area contributed by atoms with E-state index in [1.807, 2.05) is 36.7 Å². The van der Waals surface area contributed by atoms with Gasteiger partial charge in [0.1, 0.15) is 17.5 Å². The van der Waals surface area contributed by atoms with Crippen LogP contribution in [-0.2, 0) is 7.05 Å². The van der Waals surface area contributed by atoms with Gasteiger partial charge in [-0.3, -0.25) is 4.79 Å². The zero-order valence-electron chi connectivity index (χ0n) is 23.1. The van der Waals surface area contributed by atoms with Crippen LogP contribution in [0.25, 0.3) is 22.0 Å². The van der Waals surface area contributed by atoms with Gasteiger partial charge in [-0.15, -0.1) is 15.6 Å². The molecule has 0 saturated carbocycles. The van der Waals surface area contributed by atoms with Crippen LogP contribution in [-0.4, -0.2) is 115 Å². The van der Waals surface area contributed by atoms with Crippen LogP contribution in [0.2, 0.25) is 15.6 Å². The number of carbonyl (C=O) groups is 1. The van der Waals surface area contributed by atoms with E-state index in [4.69, 9.17) is 78.5 Å². The van der Waals surface area contributed by atoms with Gasteiger partial charge < -0.3 is 14.8 Å². The maximum atomic E-state index is 13.3. The predicted molar refractivity (Wildman–Crippen MR) is 174 cm³/mol. The topological polar surface area (TPSA) is 75.9 Å². The average Bonchev–Trinajstić information content (AvgIpc) is 3.25. The van der Waals surface area contributed by atoms with Crippen molar-refractivity contribution in [2.24, 2.45) is 7.05 Å². The fourth-order valence-corrected chi connectivity index (χ4v) is 5.07. The summed E-state index contributed by atoms with van der Waals surface area (Å²) >= 11 is 0. The number of aryl methyl sites for hydroxylation is 1. The third-order valence-electron chi connectivity index (χ3n) is 8.15. The van der Waals surface area contributed by atoms with E-state index in [0.29, 0.717) is 5.82 Å². The minimum atomic E-state index is -2.37. The molecule has 182 valence electrons. The summed E-state index contributed by atoms with van der Waals surface area (Å²) in [6, 6.07) is 10.4. The van der Waals surface area contributed by atoms with Crippen molar-refractivity contribution in [3.8, 4) is 11.3 Å². The summed E-state index contributed by atoms with van der Waals surface area (Å²) in [6.45, 7) is 1.93. The molecule has 1 aliphatic rings. The second-order valence-corrected chi connectivity index (χ2v) is 10.8. The molecule has 7 nitrogen and oxygen atoms in total. The van der Waals surface area contributed by atoms with Crippen LogP contribution in [0.4, 0.5) is 11.6 Å². The highest BCUT2D eigenvalue weighted by atomic mass is 16.1. The minimum Gasteiger partial charge on any atom is -0.382 e. The van der Waals surface area contributed by atoms with Gasteiger partial charge in [-0.2, -0.15) is 0 Å². The molecule has 17 heteroatoms. The number of pyridine rings is 2. The third-order valence-corrected chi connectivity index (χ3v) is 8.15. The molecule has 20 radical (unpaired) electrons. The molecule has 0 spiro atoms. The number of imidazole rings is 1. The lowest BCUT2D eigenvalue weighted by atomic mass is 9.05. The Morgan fingerprint density at radius 3 is 2.00 bits per heavy atom. The van der Waals surface area contributed by atoms with Crippen molar-refractivity contribution in [1.82, 2.24) is 19.5 Å². The van der Waals surface area contributed by atoms with E-state index in [0.717, 1.165) is 32.8 Å². The molecular formula is C25H16B10N6O. The van der Waals surface area contributed by atoms with Gasteiger partial charge in [0.05, 0.1) is 90.4 Å². The van der Waals surface area contributed by atoms with Crippen LogP contribution in [0.3, 0.4) is 0 Å². The first-order valence-corrected chi connectivity index (χ1v) is 12.7. The van der Waals surface area contributed by atoms with Crippen LogP contribution in [0.1, 0.15) is 16.2 Å². The van der Waals surface area contributed by atoms with E-state index in [2.05, 4.69) is 20.3 Å². The quantitative estimate of drug-likeness (QED) is 0.373. The number of benzene rings is 1. The highest BCUT2D eigenvalue weighted by molar-refractivity contribution is 6.71. The monoisotopic (exact) mass is 526 g/mol. The fourth-order valence-electron chi connectivity index (χ4n) is 5.07. The Balaban J connectivity index is 1.48. The van der Waals surface area contributed by atoms with Gasteiger partial charge in [0, 0.05) is 36.0 Å². The number of nitrogens with zero attached hydrogens (tertiary/aromatic N) is 5. The first-order valence-electron chi connectivity index (χ1n) is 12.7. The van der Waals surface area contributed by atoms with Crippen molar-refractivity contribution in [3.05, 3.63) is 66.4 Å². The number of rotatable bonds is 4. The maximum absolute atomic E-state index is 13.3. The Kier molecular flexibility index (Phi) is 7.02. The Morgan fingerprint density at radius 2 is 1.40 bits per heavy atom. The number of amides is 1. The molecule has 0 bridgehead atoms. The first kappa shape index (κ1) is 30.4. The van der Waals surface area contributed by atoms with Gasteiger partial charge in [-0.25, -0.2) is 15.0 Å². The summed E-state index contributed by atoms with van der Waals surface area (Å²) in [7, 11) is 64.3. The molecule has 3 aromatic heterocycles. The second-order valence-electron chi connectivity index (χ2n) is 10.8. The van der Waals surface area contributed by atoms with Crippen molar-refractivity contribution in [2.75, 3.05) is 10.2 Å². The molecule has 1 aromatic carbocycles. The maximum Gasteiger partial charge on any atom is 0.257 e. The lowest BCUT2D eigenvalue weighted by Gasteiger charge is -2.79. The van der Waals surface area contributed by atoms with Crippen molar-refractivity contribution in [2.45, 2.75) is 33.2 Å². The predicted octanol–water partition coefficient (Wildman–Crippen LogP) is -0.248. The van der Waals surface area contributed by atoms with Crippen LogP contribution in [0.15, 0.2) is 55.0 Å². The van der Waals surface area contributed by atoms with Crippen LogP contribution < -0.4 is 10.2 Å². The van der Waals surface area contributed by atoms with Gasteiger partial charge >= 0.3 is 0 Å². The number of anilines is 2. The smallest absolute Gasteiger partial charge is 0.257 e. The summed E-state index contributed by atoms with van der Waals surface area (Å²) in [5.41, 5.74) is 2.01. The van der Waals surface area contributed by atoms with E-state index in [1.54, 1.807) is 18.5 Å². The van der Waals surface area contributed by atoms with Crippen molar-refractivity contribution in [3.63, 3.8) is 0 Å². The molecule has 1 saturated heterocycles. The number of piperidine rings is 1. The van der Waals surface area contributed by atoms with Gasteiger partial charge in [0.15, 0.2) is 0 Å². The number of nitrogens with one attached hydrogen (secondary N) is 1. The highest BCUT2D eigenvalue weighted by Gasteiger charge is 2.64. The number of aromatic nitrogens is 4. The standard InChI is InChI=1S/C25H16B10N6O/c1-12-37-11-17(40(12)2)13-3-4-15-10-38-18(8-16(15)7-13)39-20(42)14-5-6-36-19(9-14)41-24(32,33)22(28,29)21(26,27)23(30,31)25(41,34)35/h3-11H,1-2H3,(H,38,39,42). The largest absolute Gasteiger partial charge is 0.382 e. The molecule has 4 aromatic rings. The number of hydrogen-bond donors (Lipinski definition) is 1. The summed E-state index contributed by atoms with van der Waals surface area (Å²) in [5, 5.41) is -7.31. The van der Waals surface area contributed by atoms with E-state index >= 15 is 0 Å². The molecule has 0 unspecified atom stereocenters. The molecule has 0 atom stereocenters. The molecule has 5 rings (SSSR count). The van der Waals surface area contributed by atoms with E-state index in [1.165, 1.54) is 18.3 Å². The zero-order chi connectivity index (χ0) is 31.0. The van der Waals surface area contributed by atoms with Gasteiger partial charge in [0.25, 0.3) is 5.91 Å². The Labute approximate surface area is 258 Å². The average molecular weight is 525 g/mol. The van der Waals surface area contributed by atoms with E-state index in [9.17, 15) is 4.79 Å². The molecular weight excluding hydrogens is 508 g/mol. The first-order chi connectivity index (χ1) is 19.3. The van der Waals surface area contributed by atoms with E-state index < -0.39 is 32.2 Å². The number of hydrogen-bond acceptors (Lipinski definition) is 5. The van der Waals surface area contributed by atoms with Crippen molar-refractivity contribution >= 4 is 107 Å². The third kappa shape index (κ3) is 4.24. The molecule has 1 N–H and O–H groups in total. The summed E-state index contributed by atoms with van der Waals surface area (Å²) in [6.07, 6.45) is 4.75. The summed E-state index contributed by atoms with van der Waals surface area (Å²) < 4.78 is 1.99. The number of fused-ring (bicyclic) bond motifs is 1. The van der Waals surface area contributed by atoms with Gasteiger partial charge in [-0.1, -0.05) is 12.1 Å². The van der Waals surface area contributed by atoms with Crippen LogP contribution in [0.5, 0.6) is 0 Å². The molecule has 1 aliphatic heterocycles. The second kappa shape index (κ2) is 9.72. The lowest BCUT2D eigenvalue weighted by molar-refractivity contribution is 0.102. The highest BCUT2D eigenvalue weighted by Crippen LogP contribution is 2.69. The van der Waals surface area contributed by atoms with E-state index in [-0.39, 0.29) is 11.4 Å². The van der Waals surface area contributed by atoms with Crippen molar-refractivity contribution in [1.29, 1.82) is 0 Å². The molecule has 0 aliphatic carbocycles. The van der Waals surface area contributed by atoms with Crippen LogP contribution >= 0.6 is 0 Å². The molecule has 1 amide bonds. The number of carbonyl (C=O) groups excluding carboxylic acids is 1. The molecule has 1 fully saturated rings. The normalized spacial score (nSPS) is 19.7. The summed E-state index contributed by atoms with van der Waals surface area (Å²) in [4.78, 5) is 27.2. The minimum absolute atomic E-state index is 0.101. The SMILES string of the molecule is [B]C1([B])N(c2cc(C(=O)Nc3cc4cc(-c5cnc(C)n5C)ccc4cn3)ccn2)C([B])([B])C([B])([B])C([B])([B])C1([B])[B]. The van der Waals surface area contributed by atoms with Gasteiger partial charge in [0.2, 0.25) is 0 Å². The van der Waals surface area contributed by atoms with Crippen LogP contribution in [0, 0.1) is 6.92 Å². The van der Waals surface area contributed by atoms with Crippen molar-refractivity contribution < 1.29 is 4.79 Å².